The van der Waals surface area contributed by atoms with Crippen molar-refractivity contribution >= 4 is 46.8 Å². The molecule has 3 rings (SSSR count). The SMILES string of the molecule is C=Cc1sc(C2=C(C)c3oc(/C=C\C)c(C=C)c3CC2)c(C)c1C=C.CC.CC.CC.CC. The number of fused-ring (bicyclic) bond motifs is 1. The van der Waals surface area contributed by atoms with E-state index in [0.29, 0.717) is 0 Å². The maximum atomic E-state index is 6.21. The van der Waals surface area contributed by atoms with Crippen molar-refractivity contribution in [3.8, 4) is 0 Å². The molecule has 1 aliphatic rings. The summed E-state index contributed by atoms with van der Waals surface area (Å²) < 4.78 is 6.21. The predicted octanol–water partition coefficient (Wildman–Crippen LogP) is 11.6. The van der Waals surface area contributed by atoms with Gasteiger partial charge in [0.2, 0.25) is 0 Å². The molecule has 2 heteroatoms. The van der Waals surface area contributed by atoms with Gasteiger partial charge in [0.15, 0.2) is 0 Å². The summed E-state index contributed by atoms with van der Waals surface area (Å²) in [5, 5.41) is 0. The van der Waals surface area contributed by atoms with Crippen LogP contribution in [0.4, 0.5) is 0 Å². The van der Waals surface area contributed by atoms with Crippen molar-refractivity contribution in [2.45, 2.75) is 89.0 Å². The number of thiophene rings is 1. The highest BCUT2D eigenvalue weighted by molar-refractivity contribution is 7.14. The van der Waals surface area contributed by atoms with Gasteiger partial charge in [0, 0.05) is 20.9 Å². The zero-order chi connectivity index (χ0) is 26.1. The van der Waals surface area contributed by atoms with Gasteiger partial charge in [0.25, 0.3) is 0 Å². The molecular weight excluding hydrogens is 420 g/mol. The molecule has 33 heavy (non-hydrogen) atoms. The molecule has 0 spiro atoms. The van der Waals surface area contributed by atoms with Gasteiger partial charge in [0.1, 0.15) is 11.5 Å². The highest BCUT2D eigenvalue weighted by atomic mass is 32.1. The first kappa shape index (κ1) is 32.9. The maximum Gasteiger partial charge on any atom is 0.134 e. The van der Waals surface area contributed by atoms with Crippen LogP contribution in [-0.4, -0.2) is 0 Å². The summed E-state index contributed by atoms with van der Waals surface area (Å²) in [6, 6.07) is 0. The largest absolute Gasteiger partial charge is 0.456 e. The summed E-state index contributed by atoms with van der Waals surface area (Å²) >= 11 is 1.80. The van der Waals surface area contributed by atoms with Crippen LogP contribution in [0.25, 0.3) is 35.5 Å². The second-order valence-corrected chi connectivity index (χ2v) is 7.29. The standard InChI is InChI=1S/C23H24OS.4C2H6/c1-7-11-20-17(9-3)19-13-12-18(14(5)22(19)24-20)23-15(6)16(8-2)21(10-4)25-23;4*1-2/h7-11H,2-4,12-13H2,1,5-6H3;4*1-2H3/b11-7-;;;;. The van der Waals surface area contributed by atoms with Gasteiger partial charge in [-0.3, -0.25) is 0 Å². The Bertz CT molecular complexity index is 929. The minimum atomic E-state index is 0.907. The van der Waals surface area contributed by atoms with Crippen molar-refractivity contribution in [1.29, 1.82) is 0 Å². The topological polar surface area (TPSA) is 13.1 Å². The summed E-state index contributed by atoms with van der Waals surface area (Å²) in [4.78, 5) is 2.52. The fraction of sp³-hybridized carbons (Fsp3) is 0.419. The van der Waals surface area contributed by atoms with Crippen LogP contribution in [-0.2, 0) is 6.42 Å². The molecule has 0 unspecified atom stereocenters. The minimum absolute atomic E-state index is 0.907. The first-order valence-corrected chi connectivity index (χ1v) is 13.4. The summed E-state index contributed by atoms with van der Waals surface area (Å²) in [5.41, 5.74) is 7.51. The molecule has 0 saturated carbocycles. The van der Waals surface area contributed by atoms with Crippen molar-refractivity contribution in [2.75, 3.05) is 0 Å². The third-order valence-electron chi connectivity index (χ3n) is 4.90. The molecule has 1 nitrogen and oxygen atoms in total. The number of allylic oxidation sites excluding steroid dienone is 3. The molecule has 2 aromatic heterocycles. The number of furan rings is 1. The quantitative estimate of drug-likeness (QED) is 0.425. The molecule has 0 aromatic carbocycles. The van der Waals surface area contributed by atoms with Crippen LogP contribution in [0.5, 0.6) is 0 Å². The molecule has 0 saturated heterocycles. The predicted molar refractivity (Wildman–Crippen MR) is 159 cm³/mol. The minimum Gasteiger partial charge on any atom is -0.456 e. The lowest BCUT2D eigenvalue weighted by Gasteiger charge is -2.17. The van der Waals surface area contributed by atoms with Gasteiger partial charge in [0.05, 0.1) is 0 Å². The van der Waals surface area contributed by atoms with E-state index in [9.17, 15) is 0 Å². The van der Waals surface area contributed by atoms with E-state index >= 15 is 0 Å². The third-order valence-corrected chi connectivity index (χ3v) is 6.27. The van der Waals surface area contributed by atoms with Crippen molar-refractivity contribution in [2.24, 2.45) is 0 Å². The van der Waals surface area contributed by atoms with Crippen molar-refractivity contribution in [3.63, 3.8) is 0 Å². The molecule has 2 aromatic rings. The zero-order valence-electron chi connectivity index (χ0n) is 23.2. The molecule has 0 bridgehead atoms. The normalized spacial score (nSPS) is 11.4. The van der Waals surface area contributed by atoms with Crippen molar-refractivity contribution in [1.82, 2.24) is 0 Å². The van der Waals surface area contributed by atoms with E-state index in [1.54, 1.807) is 11.3 Å². The Labute approximate surface area is 209 Å². The zero-order valence-corrected chi connectivity index (χ0v) is 24.1. The Kier molecular flexibility index (Phi) is 18.1. The van der Waals surface area contributed by atoms with Crippen LogP contribution < -0.4 is 0 Å². The second kappa shape index (κ2) is 18.1. The highest BCUT2D eigenvalue weighted by Crippen LogP contribution is 2.45. The first-order chi connectivity index (χ1) is 16.1. The Morgan fingerprint density at radius 3 is 1.76 bits per heavy atom. The van der Waals surface area contributed by atoms with Gasteiger partial charge in [-0.05, 0) is 62.0 Å². The van der Waals surface area contributed by atoms with E-state index in [1.165, 1.54) is 37.6 Å². The van der Waals surface area contributed by atoms with Crippen LogP contribution >= 0.6 is 11.3 Å². The Balaban J connectivity index is 0. The number of hydrogen-bond donors (Lipinski definition) is 0. The van der Waals surface area contributed by atoms with Crippen molar-refractivity contribution in [3.05, 3.63) is 69.3 Å². The summed E-state index contributed by atoms with van der Waals surface area (Å²) in [6.07, 6.45) is 11.8. The molecule has 0 N–H and O–H groups in total. The molecule has 0 aliphatic heterocycles. The smallest absolute Gasteiger partial charge is 0.134 e. The fourth-order valence-corrected chi connectivity index (χ4v) is 4.94. The Morgan fingerprint density at radius 2 is 1.33 bits per heavy atom. The van der Waals surface area contributed by atoms with E-state index in [4.69, 9.17) is 4.42 Å². The second-order valence-electron chi connectivity index (χ2n) is 6.24. The molecule has 0 amide bonds. The monoisotopic (exact) mass is 468 g/mol. The summed E-state index contributed by atoms with van der Waals surface area (Å²) in [6.45, 7) is 34.2. The van der Waals surface area contributed by atoms with Gasteiger partial charge in [-0.15, -0.1) is 11.3 Å². The summed E-state index contributed by atoms with van der Waals surface area (Å²) in [5.74, 6) is 1.92. The first-order valence-electron chi connectivity index (χ1n) is 12.6. The van der Waals surface area contributed by atoms with Crippen LogP contribution in [0.15, 0.2) is 30.2 Å². The molecule has 0 radical (unpaired) electrons. The van der Waals surface area contributed by atoms with E-state index in [-0.39, 0.29) is 0 Å². The molecule has 1 aliphatic carbocycles. The van der Waals surface area contributed by atoms with Gasteiger partial charge in [-0.1, -0.05) is 99.4 Å². The van der Waals surface area contributed by atoms with E-state index in [0.717, 1.165) is 29.9 Å². The van der Waals surface area contributed by atoms with Crippen LogP contribution in [0, 0.1) is 6.92 Å². The molecular formula is C31H48OS. The number of rotatable bonds is 5. The molecule has 0 fully saturated rings. The highest BCUT2D eigenvalue weighted by Gasteiger charge is 2.27. The molecule has 184 valence electrons. The van der Waals surface area contributed by atoms with E-state index in [1.807, 2.05) is 92.7 Å². The lowest BCUT2D eigenvalue weighted by Crippen LogP contribution is -2.01. The maximum absolute atomic E-state index is 6.21. The van der Waals surface area contributed by atoms with Crippen molar-refractivity contribution < 1.29 is 4.42 Å². The Morgan fingerprint density at radius 1 is 0.788 bits per heavy atom. The van der Waals surface area contributed by atoms with Gasteiger partial charge >= 0.3 is 0 Å². The fourth-order valence-electron chi connectivity index (χ4n) is 3.65. The molecule has 2 heterocycles. The summed E-state index contributed by atoms with van der Waals surface area (Å²) in [7, 11) is 0. The van der Waals surface area contributed by atoms with Crippen LogP contribution in [0.1, 0.15) is 119 Å². The van der Waals surface area contributed by atoms with E-state index < -0.39 is 0 Å². The van der Waals surface area contributed by atoms with Gasteiger partial charge in [-0.25, -0.2) is 0 Å². The van der Waals surface area contributed by atoms with Crippen LogP contribution in [0.2, 0.25) is 0 Å². The van der Waals surface area contributed by atoms with Gasteiger partial charge in [-0.2, -0.15) is 0 Å². The van der Waals surface area contributed by atoms with Gasteiger partial charge < -0.3 is 4.42 Å². The molecule has 0 atom stereocenters. The van der Waals surface area contributed by atoms with E-state index in [2.05, 4.69) is 33.6 Å². The Hall–Kier alpha value is -2.32. The van der Waals surface area contributed by atoms with Crippen LogP contribution in [0.3, 0.4) is 0 Å². The third kappa shape index (κ3) is 7.33. The lowest BCUT2D eigenvalue weighted by molar-refractivity contribution is 0.537. The average Bonchev–Trinajstić information content (AvgIpc) is 3.41. The number of hydrogen-bond acceptors (Lipinski definition) is 2. The average molecular weight is 469 g/mol. The lowest BCUT2D eigenvalue weighted by atomic mass is 9.87.